The maximum absolute atomic E-state index is 13.1. The van der Waals surface area contributed by atoms with E-state index in [1.807, 2.05) is 6.92 Å². The summed E-state index contributed by atoms with van der Waals surface area (Å²) < 4.78 is 29.1. The van der Waals surface area contributed by atoms with Crippen LogP contribution in [0, 0.1) is 23.2 Å². The van der Waals surface area contributed by atoms with Crippen LogP contribution in [0.3, 0.4) is 0 Å². The zero-order valence-electron chi connectivity index (χ0n) is 16.5. The molecule has 0 unspecified atom stereocenters. The minimum absolute atomic E-state index is 0.0934. The molecule has 1 amide bonds. The third kappa shape index (κ3) is 3.64. The van der Waals surface area contributed by atoms with Crippen LogP contribution in [0.15, 0.2) is 41.8 Å². The van der Waals surface area contributed by atoms with Crippen molar-refractivity contribution in [2.24, 2.45) is 23.2 Å². The smallest absolute Gasteiger partial charge is 0.251 e. The third-order valence-electron chi connectivity index (χ3n) is 7.15. The first kappa shape index (κ1) is 19.6. The van der Waals surface area contributed by atoms with Gasteiger partial charge in [-0.2, -0.15) is 0 Å². The highest BCUT2D eigenvalue weighted by molar-refractivity contribution is 7.89. The average molecular weight is 403 g/mol. The van der Waals surface area contributed by atoms with E-state index in [2.05, 4.69) is 16.6 Å². The van der Waals surface area contributed by atoms with Gasteiger partial charge < -0.3 is 5.32 Å². The highest BCUT2D eigenvalue weighted by Gasteiger charge is 2.53. The monoisotopic (exact) mass is 402 g/mol. The number of sulfonamides is 1. The lowest BCUT2D eigenvalue weighted by Gasteiger charge is -2.59. The SMILES string of the molecule is C=CCNC(=O)c1cccc(S(=O)(=O)N[C@@H](C)C23CC4CC(CC(C4)C2)C3)c1. The molecule has 4 saturated carbocycles. The van der Waals surface area contributed by atoms with Gasteiger partial charge in [0.1, 0.15) is 0 Å². The lowest BCUT2D eigenvalue weighted by Crippen LogP contribution is -2.55. The summed E-state index contributed by atoms with van der Waals surface area (Å²) in [7, 11) is -3.68. The Kier molecular flexibility index (Phi) is 5.12. The summed E-state index contributed by atoms with van der Waals surface area (Å²) in [6, 6.07) is 6.16. The predicted molar refractivity (Wildman–Crippen MR) is 109 cm³/mol. The fraction of sp³-hybridized carbons (Fsp3) is 0.591. The van der Waals surface area contributed by atoms with Gasteiger partial charge >= 0.3 is 0 Å². The van der Waals surface area contributed by atoms with Crippen molar-refractivity contribution < 1.29 is 13.2 Å². The highest BCUT2D eigenvalue weighted by atomic mass is 32.2. The number of rotatable bonds is 7. The van der Waals surface area contributed by atoms with Crippen LogP contribution in [0.1, 0.15) is 55.8 Å². The van der Waals surface area contributed by atoms with E-state index in [0.717, 1.165) is 37.0 Å². The molecule has 5 nitrogen and oxygen atoms in total. The lowest BCUT2D eigenvalue weighted by molar-refractivity contribution is -0.0666. The Balaban J connectivity index is 1.51. The lowest BCUT2D eigenvalue weighted by atomic mass is 9.48. The number of benzene rings is 1. The van der Waals surface area contributed by atoms with E-state index in [-0.39, 0.29) is 22.3 Å². The molecule has 2 N–H and O–H groups in total. The second-order valence-corrected chi connectivity index (χ2v) is 10.9. The molecule has 4 aliphatic rings. The van der Waals surface area contributed by atoms with E-state index in [9.17, 15) is 13.2 Å². The summed E-state index contributed by atoms with van der Waals surface area (Å²) in [4.78, 5) is 12.3. The molecule has 1 atom stereocenters. The Labute approximate surface area is 168 Å². The second-order valence-electron chi connectivity index (χ2n) is 9.15. The van der Waals surface area contributed by atoms with Gasteiger partial charge in [0, 0.05) is 18.2 Å². The summed E-state index contributed by atoms with van der Waals surface area (Å²) in [5.41, 5.74) is 0.438. The molecule has 4 fully saturated rings. The van der Waals surface area contributed by atoms with Gasteiger partial charge in [-0.1, -0.05) is 12.1 Å². The Hall–Kier alpha value is -1.66. The fourth-order valence-corrected chi connectivity index (χ4v) is 7.60. The zero-order valence-corrected chi connectivity index (χ0v) is 17.3. The van der Waals surface area contributed by atoms with E-state index in [0.29, 0.717) is 12.1 Å². The van der Waals surface area contributed by atoms with Crippen molar-refractivity contribution in [3.8, 4) is 0 Å². The highest BCUT2D eigenvalue weighted by Crippen LogP contribution is 2.61. The topological polar surface area (TPSA) is 75.3 Å². The molecule has 0 radical (unpaired) electrons. The van der Waals surface area contributed by atoms with Gasteiger partial charge in [0.05, 0.1) is 4.90 Å². The average Bonchev–Trinajstić information content (AvgIpc) is 2.65. The molecule has 0 aromatic heterocycles. The van der Waals surface area contributed by atoms with Crippen LogP contribution in [0.2, 0.25) is 0 Å². The van der Waals surface area contributed by atoms with Gasteiger partial charge in [0.15, 0.2) is 0 Å². The van der Waals surface area contributed by atoms with Crippen LogP contribution in [0.25, 0.3) is 0 Å². The quantitative estimate of drug-likeness (QED) is 0.686. The first-order valence-corrected chi connectivity index (χ1v) is 11.8. The Morgan fingerprint density at radius 3 is 2.39 bits per heavy atom. The number of hydrogen-bond donors (Lipinski definition) is 2. The first-order chi connectivity index (χ1) is 13.3. The van der Waals surface area contributed by atoms with Gasteiger partial charge in [-0.3, -0.25) is 4.79 Å². The van der Waals surface area contributed by atoms with Crippen molar-refractivity contribution in [2.75, 3.05) is 6.54 Å². The summed E-state index contributed by atoms with van der Waals surface area (Å²) in [5, 5.41) is 2.68. The maximum Gasteiger partial charge on any atom is 0.251 e. The van der Waals surface area contributed by atoms with E-state index in [4.69, 9.17) is 0 Å². The maximum atomic E-state index is 13.1. The number of nitrogens with one attached hydrogen (secondary N) is 2. The van der Waals surface area contributed by atoms with Crippen molar-refractivity contribution in [3.63, 3.8) is 0 Å². The Bertz CT molecular complexity index is 842. The molecule has 0 heterocycles. The minimum atomic E-state index is -3.68. The van der Waals surface area contributed by atoms with E-state index >= 15 is 0 Å². The summed E-state index contributed by atoms with van der Waals surface area (Å²) in [5.74, 6) is 2.02. The molecule has 1 aromatic carbocycles. The number of amides is 1. The fourth-order valence-electron chi connectivity index (χ4n) is 6.21. The first-order valence-electron chi connectivity index (χ1n) is 10.3. The Morgan fingerprint density at radius 1 is 1.21 bits per heavy atom. The molecule has 6 heteroatoms. The molecular formula is C22H30N2O3S. The summed E-state index contributed by atoms with van der Waals surface area (Å²) in [6.07, 6.45) is 9.03. The van der Waals surface area contributed by atoms with Crippen LogP contribution in [-0.4, -0.2) is 26.9 Å². The minimum Gasteiger partial charge on any atom is -0.349 e. The zero-order chi connectivity index (χ0) is 19.9. The van der Waals surface area contributed by atoms with Crippen molar-refractivity contribution in [1.29, 1.82) is 0 Å². The van der Waals surface area contributed by atoms with E-state index < -0.39 is 10.0 Å². The predicted octanol–water partition coefficient (Wildman–Crippen LogP) is 3.49. The van der Waals surface area contributed by atoms with Crippen LogP contribution in [0.5, 0.6) is 0 Å². The third-order valence-corrected chi connectivity index (χ3v) is 8.69. The van der Waals surface area contributed by atoms with Crippen molar-refractivity contribution in [1.82, 2.24) is 10.0 Å². The van der Waals surface area contributed by atoms with Crippen LogP contribution in [0.4, 0.5) is 0 Å². The second kappa shape index (κ2) is 7.30. The van der Waals surface area contributed by atoms with Crippen LogP contribution >= 0.6 is 0 Å². The van der Waals surface area contributed by atoms with Gasteiger partial charge in [-0.15, -0.1) is 6.58 Å². The number of carbonyl (C=O) groups is 1. The van der Waals surface area contributed by atoms with Crippen LogP contribution in [-0.2, 0) is 10.0 Å². The van der Waals surface area contributed by atoms with Crippen LogP contribution < -0.4 is 10.0 Å². The molecule has 4 aliphatic carbocycles. The summed E-state index contributed by atoms with van der Waals surface area (Å²) >= 11 is 0. The largest absolute Gasteiger partial charge is 0.349 e. The molecule has 0 aliphatic heterocycles. The number of hydrogen-bond acceptors (Lipinski definition) is 3. The van der Waals surface area contributed by atoms with Gasteiger partial charge in [0.25, 0.3) is 5.91 Å². The normalized spacial score (nSPS) is 32.1. The van der Waals surface area contributed by atoms with Crippen molar-refractivity contribution >= 4 is 15.9 Å². The van der Waals surface area contributed by atoms with Gasteiger partial charge in [0.2, 0.25) is 10.0 Å². The standard InChI is InChI=1S/C22H30N2O3S/c1-3-7-23-21(25)19-5-4-6-20(11-19)28(26,27)24-15(2)22-12-16-8-17(13-22)10-18(9-16)14-22/h3-6,11,15-18,24H,1,7-10,12-14H2,2H3,(H,23,25)/t15-,16?,17?,18?,22?/m0/s1. The van der Waals surface area contributed by atoms with E-state index in [1.54, 1.807) is 24.3 Å². The molecular weight excluding hydrogens is 372 g/mol. The van der Waals surface area contributed by atoms with Crippen molar-refractivity contribution in [2.45, 2.75) is 56.4 Å². The molecule has 5 rings (SSSR count). The van der Waals surface area contributed by atoms with E-state index in [1.165, 1.54) is 25.3 Å². The summed E-state index contributed by atoms with van der Waals surface area (Å²) in [6.45, 7) is 5.95. The molecule has 28 heavy (non-hydrogen) atoms. The number of carbonyl (C=O) groups excluding carboxylic acids is 1. The molecule has 152 valence electrons. The molecule has 0 spiro atoms. The van der Waals surface area contributed by atoms with Gasteiger partial charge in [-0.25, -0.2) is 13.1 Å². The van der Waals surface area contributed by atoms with Gasteiger partial charge in [-0.05, 0) is 86.8 Å². The molecule has 0 saturated heterocycles. The molecule has 1 aromatic rings. The molecule has 4 bridgehead atoms. The Morgan fingerprint density at radius 2 is 1.82 bits per heavy atom. The van der Waals surface area contributed by atoms with Crippen molar-refractivity contribution in [3.05, 3.63) is 42.5 Å².